The molecule has 0 spiro atoms. The maximum absolute atomic E-state index is 14.3. The summed E-state index contributed by atoms with van der Waals surface area (Å²) in [7, 11) is 6.08. The van der Waals surface area contributed by atoms with Gasteiger partial charge in [-0.15, -0.1) is 0 Å². The molecule has 6 saturated carbocycles. The Bertz CT molecular complexity index is 1230. The van der Waals surface area contributed by atoms with E-state index in [4.69, 9.17) is 15.3 Å². The van der Waals surface area contributed by atoms with Gasteiger partial charge >= 0.3 is 0 Å². The highest BCUT2D eigenvalue weighted by Crippen LogP contribution is 2.61. The predicted octanol–water partition coefficient (Wildman–Crippen LogP) is 3.95. The first-order valence-electron chi connectivity index (χ1n) is 21.5. The molecule has 7 aliphatic rings. The Labute approximate surface area is 320 Å². The van der Waals surface area contributed by atoms with Crippen LogP contribution in [0.5, 0.6) is 0 Å². The molecule has 16 atom stereocenters. The lowest BCUT2D eigenvalue weighted by molar-refractivity contribution is -0.193. The summed E-state index contributed by atoms with van der Waals surface area (Å²) < 4.78 is 6.40. The van der Waals surface area contributed by atoms with Gasteiger partial charge in [0.05, 0.1) is 18.8 Å². The van der Waals surface area contributed by atoms with Crippen molar-refractivity contribution in [1.82, 2.24) is 20.6 Å². The Morgan fingerprint density at radius 3 is 2.43 bits per heavy atom. The molecule has 7 fully saturated rings. The summed E-state index contributed by atoms with van der Waals surface area (Å²) in [4.78, 5) is 36.7. The Hall–Kier alpha value is -1.34. The Morgan fingerprint density at radius 1 is 1.04 bits per heavy atom. The second-order valence-electron chi connectivity index (χ2n) is 19.5. The van der Waals surface area contributed by atoms with E-state index in [-0.39, 0.29) is 48.3 Å². The minimum absolute atomic E-state index is 0.0291. The number of aliphatic hydroxyl groups excluding tert-OH is 2. The lowest BCUT2D eigenvalue weighted by atomic mass is 9.45. The quantitative estimate of drug-likeness (QED) is 0.189. The SMILES string of the molecule is COC1C(CN2O[C@@H](CO)C(C(C)O)[C@H]2C(=O)N[C@H]2C[C@H]3C[C@@H]([C@@H]2C)C3(C)C)CCCC1C1CC(C(=O)NCCC2CCCC(N)C2)CC(N(C)C)C1. The first-order valence-corrected chi connectivity index (χ1v) is 21.5. The van der Waals surface area contributed by atoms with Crippen LogP contribution in [0.1, 0.15) is 111 Å². The fourth-order valence-corrected chi connectivity index (χ4v) is 12.6. The van der Waals surface area contributed by atoms with Gasteiger partial charge in [0.2, 0.25) is 11.8 Å². The van der Waals surface area contributed by atoms with Crippen LogP contribution in [0.2, 0.25) is 0 Å². The number of amides is 2. The Kier molecular flexibility index (Phi) is 13.6. The van der Waals surface area contributed by atoms with Crippen molar-refractivity contribution in [1.29, 1.82) is 0 Å². The van der Waals surface area contributed by atoms with Crippen molar-refractivity contribution < 1.29 is 29.4 Å². The third kappa shape index (κ3) is 8.81. The lowest BCUT2D eigenvalue weighted by Gasteiger charge is -2.62. The zero-order chi connectivity index (χ0) is 38.2. The molecule has 1 aliphatic heterocycles. The van der Waals surface area contributed by atoms with E-state index in [2.05, 4.69) is 50.4 Å². The highest BCUT2D eigenvalue weighted by Gasteiger charge is 2.58. The summed E-state index contributed by atoms with van der Waals surface area (Å²) in [6, 6.07) is 0.0247. The number of hydrogen-bond donors (Lipinski definition) is 5. The van der Waals surface area contributed by atoms with Crippen molar-refractivity contribution in [2.24, 2.45) is 64.4 Å². The maximum Gasteiger partial charge on any atom is 0.240 e. The number of nitrogens with one attached hydrogen (secondary N) is 2. The van der Waals surface area contributed by atoms with Gasteiger partial charge in [-0.3, -0.25) is 14.4 Å². The zero-order valence-corrected chi connectivity index (χ0v) is 34.1. The number of rotatable bonds is 13. The summed E-state index contributed by atoms with van der Waals surface area (Å²) in [6.07, 6.45) is 12.1. The first-order chi connectivity index (χ1) is 25.2. The summed E-state index contributed by atoms with van der Waals surface area (Å²) in [5, 5.41) is 29.9. The van der Waals surface area contributed by atoms with Gasteiger partial charge in [-0.05, 0) is 126 Å². The number of methoxy groups -OCH3 is 1. The van der Waals surface area contributed by atoms with Crippen molar-refractivity contribution in [3.05, 3.63) is 0 Å². The second-order valence-corrected chi connectivity index (χ2v) is 19.5. The van der Waals surface area contributed by atoms with Crippen molar-refractivity contribution >= 4 is 11.8 Å². The monoisotopic (exact) mass is 746 g/mol. The molecule has 1 saturated heterocycles. The number of fused-ring (bicyclic) bond motifs is 2. The molecule has 0 aromatic carbocycles. The van der Waals surface area contributed by atoms with Crippen molar-refractivity contribution in [2.75, 3.05) is 40.9 Å². The summed E-state index contributed by atoms with van der Waals surface area (Å²) >= 11 is 0. The third-order valence-corrected chi connectivity index (χ3v) is 15.8. The topological polar surface area (TPSA) is 150 Å². The highest BCUT2D eigenvalue weighted by molar-refractivity contribution is 5.83. The van der Waals surface area contributed by atoms with Gasteiger partial charge in [0.1, 0.15) is 12.1 Å². The van der Waals surface area contributed by atoms with E-state index in [0.29, 0.717) is 53.6 Å². The molecule has 0 aromatic rings. The van der Waals surface area contributed by atoms with Gasteiger partial charge in [-0.1, -0.05) is 40.0 Å². The van der Waals surface area contributed by atoms with Gasteiger partial charge in [-0.2, -0.15) is 5.06 Å². The molecule has 11 nitrogen and oxygen atoms in total. The number of carbonyl (C=O) groups excluding carboxylic acids is 2. The molecule has 11 heteroatoms. The number of carbonyl (C=O) groups is 2. The number of hydrogen-bond acceptors (Lipinski definition) is 9. The molecule has 0 aromatic heterocycles. The largest absolute Gasteiger partial charge is 0.394 e. The predicted molar refractivity (Wildman–Crippen MR) is 206 cm³/mol. The number of nitrogens with zero attached hydrogens (tertiary/aromatic N) is 2. The summed E-state index contributed by atoms with van der Waals surface area (Å²) in [5.74, 6) is 2.45. The van der Waals surface area contributed by atoms with Crippen LogP contribution in [0.3, 0.4) is 0 Å². The smallest absolute Gasteiger partial charge is 0.240 e. The lowest BCUT2D eigenvalue weighted by Crippen LogP contribution is -2.62. The molecule has 6 aliphatic carbocycles. The van der Waals surface area contributed by atoms with E-state index in [1.54, 1.807) is 12.0 Å². The third-order valence-electron chi connectivity index (χ3n) is 15.8. The van der Waals surface area contributed by atoms with E-state index in [9.17, 15) is 19.8 Å². The van der Waals surface area contributed by atoms with E-state index in [0.717, 1.165) is 70.8 Å². The normalized spacial score (nSPS) is 43.6. The summed E-state index contributed by atoms with van der Waals surface area (Å²) in [5.41, 5.74) is 6.55. The fourth-order valence-electron chi connectivity index (χ4n) is 12.6. The van der Waals surface area contributed by atoms with Crippen LogP contribution in [0.4, 0.5) is 0 Å². The molecule has 6 N–H and O–H groups in total. The van der Waals surface area contributed by atoms with Gasteiger partial charge in [0.25, 0.3) is 0 Å². The van der Waals surface area contributed by atoms with E-state index < -0.39 is 24.2 Å². The van der Waals surface area contributed by atoms with Crippen LogP contribution in [-0.4, -0.2) is 115 Å². The number of nitrogens with two attached hydrogens (primary N) is 1. The summed E-state index contributed by atoms with van der Waals surface area (Å²) in [6.45, 7) is 9.66. The van der Waals surface area contributed by atoms with Gasteiger partial charge < -0.3 is 36.2 Å². The number of ether oxygens (including phenoxy) is 1. The Balaban J connectivity index is 1.13. The average Bonchev–Trinajstić information content (AvgIpc) is 3.50. The van der Waals surface area contributed by atoms with Crippen molar-refractivity contribution in [3.8, 4) is 0 Å². The molecule has 7 rings (SSSR count). The van der Waals surface area contributed by atoms with Crippen molar-refractivity contribution in [3.63, 3.8) is 0 Å². The van der Waals surface area contributed by atoms with E-state index in [1.165, 1.54) is 19.3 Å². The number of aliphatic hydroxyl groups is 2. The average molecular weight is 746 g/mol. The molecule has 0 radical (unpaired) electrons. The van der Waals surface area contributed by atoms with Crippen LogP contribution in [0.15, 0.2) is 0 Å². The van der Waals surface area contributed by atoms with E-state index in [1.807, 2.05) is 7.11 Å². The van der Waals surface area contributed by atoms with Crippen molar-refractivity contribution in [2.45, 2.75) is 154 Å². The van der Waals surface area contributed by atoms with Crippen LogP contribution in [-0.2, 0) is 19.2 Å². The van der Waals surface area contributed by atoms with Gasteiger partial charge in [0, 0.05) is 56.1 Å². The maximum atomic E-state index is 14.3. The van der Waals surface area contributed by atoms with Gasteiger partial charge in [-0.25, -0.2) is 0 Å². The Morgan fingerprint density at radius 2 is 1.79 bits per heavy atom. The van der Waals surface area contributed by atoms with Crippen LogP contribution < -0.4 is 16.4 Å². The molecule has 53 heavy (non-hydrogen) atoms. The van der Waals surface area contributed by atoms with Crippen LogP contribution >= 0.6 is 0 Å². The fraction of sp³-hybridized carbons (Fsp3) is 0.952. The van der Waals surface area contributed by atoms with Gasteiger partial charge in [0.15, 0.2) is 0 Å². The molecule has 2 amide bonds. The second kappa shape index (κ2) is 17.4. The molecule has 1 heterocycles. The minimum atomic E-state index is -0.824. The van der Waals surface area contributed by atoms with Crippen LogP contribution in [0, 0.1) is 58.7 Å². The zero-order valence-electron chi connectivity index (χ0n) is 34.1. The molecule has 10 unspecified atom stereocenters. The highest BCUT2D eigenvalue weighted by atomic mass is 16.7. The van der Waals surface area contributed by atoms with Crippen LogP contribution in [0.25, 0.3) is 0 Å². The van der Waals surface area contributed by atoms with E-state index >= 15 is 0 Å². The molecular weight excluding hydrogens is 670 g/mol. The first kappa shape index (κ1) is 41.3. The molecule has 304 valence electrons. The minimum Gasteiger partial charge on any atom is -0.394 e. The number of hydroxylamine groups is 2. The standard InChI is InChI=1S/C42H75N5O6/c1-24-34-20-30(42(34,3)4)21-35(24)45-41(51)38-37(25(2)49)36(23-48)53-47(38)22-27-11-9-13-33(39(27)52-7)28-17-29(19-32(18-28)46(5)6)40(50)44-15-14-26-10-8-12-31(43)16-26/h24-39,48-49H,8-23,43H2,1-7H3,(H,44,50)(H,45,51)/t24-,25?,26?,27?,28?,29?,30+,31?,32?,33?,34-,35-,36-,37?,38-,39?/m0/s1. The molecular formula is C42H75N5O6. The molecule has 2 bridgehead atoms.